The summed E-state index contributed by atoms with van der Waals surface area (Å²) in [6.45, 7) is 2.43. The van der Waals surface area contributed by atoms with Crippen LogP contribution in [0, 0.1) is 0 Å². The van der Waals surface area contributed by atoms with E-state index in [9.17, 15) is 9.59 Å². The second kappa shape index (κ2) is 7.13. The largest absolute Gasteiger partial charge is 0.491 e. The number of nitrogens with one attached hydrogen (secondary N) is 1. The van der Waals surface area contributed by atoms with Gasteiger partial charge in [-0.3, -0.25) is 9.69 Å². The fourth-order valence-corrected chi connectivity index (χ4v) is 2.91. The molecule has 1 N–H and O–H groups in total. The summed E-state index contributed by atoms with van der Waals surface area (Å²) in [6.07, 6.45) is 1.50. The normalized spacial score (nSPS) is 18.0. The summed E-state index contributed by atoms with van der Waals surface area (Å²) in [6, 6.07) is 4.43. The van der Waals surface area contributed by atoms with E-state index in [1.54, 1.807) is 18.2 Å². The van der Waals surface area contributed by atoms with E-state index in [-0.39, 0.29) is 25.1 Å². The number of hydrogen-bond acceptors (Lipinski definition) is 3. The number of benzene rings is 1. The molecule has 3 amide bonds. The zero-order valence-electron chi connectivity index (χ0n) is 11.6. The van der Waals surface area contributed by atoms with Crippen molar-refractivity contribution in [3.8, 4) is 5.75 Å². The maximum Gasteiger partial charge on any atom is 0.324 e. The van der Waals surface area contributed by atoms with E-state index in [1.165, 1.54) is 4.90 Å². The molecule has 0 aliphatic carbocycles. The Labute approximate surface area is 136 Å². The third-order valence-electron chi connectivity index (χ3n) is 3.15. The molecule has 0 spiro atoms. The van der Waals surface area contributed by atoms with Gasteiger partial charge in [0.15, 0.2) is 0 Å². The molecule has 1 saturated heterocycles. The van der Waals surface area contributed by atoms with Crippen LogP contribution in [0.2, 0.25) is 5.02 Å². The van der Waals surface area contributed by atoms with Crippen molar-refractivity contribution in [2.24, 2.45) is 0 Å². The average Bonchev–Trinajstić information content (AvgIpc) is 2.69. The van der Waals surface area contributed by atoms with Crippen molar-refractivity contribution < 1.29 is 14.3 Å². The Balaban J connectivity index is 1.88. The van der Waals surface area contributed by atoms with E-state index in [4.69, 9.17) is 16.3 Å². The quantitative estimate of drug-likeness (QED) is 0.777. The van der Waals surface area contributed by atoms with Gasteiger partial charge in [0.25, 0.3) is 5.91 Å². The molecule has 7 heteroatoms. The number of ether oxygens (including phenoxy) is 1. The molecule has 0 aromatic heterocycles. The highest BCUT2D eigenvalue weighted by molar-refractivity contribution is 9.10. The van der Waals surface area contributed by atoms with E-state index in [2.05, 4.69) is 21.2 Å². The van der Waals surface area contributed by atoms with Crippen molar-refractivity contribution in [1.29, 1.82) is 0 Å². The molecule has 1 fully saturated rings. The first-order valence-corrected chi connectivity index (χ1v) is 7.89. The summed E-state index contributed by atoms with van der Waals surface area (Å²) in [4.78, 5) is 25.0. The van der Waals surface area contributed by atoms with Crippen molar-refractivity contribution in [3.05, 3.63) is 27.7 Å². The fourth-order valence-electron chi connectivity index (χ4n) is 2.11. The first-order chi connectivity index (χ1) is 10.0. The second-order valence-corrected chi connectivity index (χ2v) is 5.99. The number of amides is 3. The minimum atomic E-state index is -0.398. The Hall–Kier alpha value is -1.27. The number of hydrogen-bond donors (Lipinski definition) is 1. The van der Waals surface area contributed by atoms with E-state index < -0.39 is 6.04 Å². The molecule has 1 atom stereocenters. The van der Waals surface area contributed by atoms with Crippen LogP contribution >= 0.6 is 27.5 Å². The standard InChI is InChI=1S/C14H16BrClN2O3/c1-2-3-11-13(19)18(14(20)17-11)6-7-21-12-5-4-9(16)8-10(12)15/h4-5,8,11H,2-3,6-7H2,1H3,(H,17,20). The second-order valence-electron chi connectivity index (χ2n) is 4.70. The molecule has 0 saturated carbocycles. The average molecular weight is 376 g/mol. The van der Waals surface area contributed by atoms with Crippen molar-refractivity contribution >= 4 is 39.5 Å². The van der Waals surface area contributed by atoms with E-state index in [0.29, 0.717) is 17.2 Å². The summed E-state index contributed by atoms with van der Waals surface area (Å²) in [5, 5.41) is 3.28. The maximum absolute atomic E-state index is 12.0. The number of imide groups is 1. The van der Waals surface area contributed by atoms with Crippen LogP contribution in [0.15, 0.2) is 22.7 Å². The smallest absolute Gasteiger partial charge is 0.324 e. The number of rotatable bonds is 6. The number of urea groups is 1. The summed E-state index contributed by atoms with van der Waals surface area (Å²) in [5.74, 6) is 0.442. The van der Waals surface area contributed by atoms with Crippen LogP contribution < -0.4 is 10.1 Å². The van der Waals surface area contributed by atoms with Gasteiger partial charge < -0.3 is 10.1 Å². The van der Waals surface area contributed by atoms with E-state index in [1.807, 2.05) is 6.92 Å². The van der Waals surface area contributed by atoms with Gasteiger partial charge in [-0.05, 0) is 40.5 Å². The monoisotopic (exact) mass is 374 g/mol. The Bertz CT molecular complexity index is 553. The first-order valence-electron chi connectivity index (χ1n) is 6.72. The fraction of sp³-hybridized carbons (Fsp3) is 0.429. The molecule has 1 heterocycles. The van der Waals surface area contributed by atoms with Crippen LogP contribution in [0.25, 0.3) is 0 Å². The molecule has 2 rings (SSSR count). The molecule has 114 valence electrons. The van der Waals surface area contributed by atoms with E-state index in [0.717, 1.165) is 10.9 Å². The first kappa shape index (κ1) is 16.1. The molecule has 1 aromatic carbocycles. The lowest BCUT2D eigenvalue weighted by molar-refractivity contribution is -0.127. The summed E-state index contributed by atoms with van der Waals surface area (Å²) < 4.78 is 6.30. The van der Waals surface area contributed by atoms with Gasteiger partial charge in [-0.1, -0.05) is 24.9 Å². The van der Waals surface area contributed by atoms with Crippen LogP contribution in [0.5, 0.6) is 5.75 Å². The van der Waals surface area contributed by atoms with Gasteiger partial charge in [0.2, 0.25) is 0 Å². The summed E-state index contributed by atoms with van der Waals surface area (Å²) >= 11 is 9.19. The summed E-state index contributed by atoms with van der Waals surface area (Å²) in [5.41, 5.74) is 0. The molecule has 1 aliphatic rings. The highest BCUT2D eigenvalue weighted by Crippen LogP contribution is 2.27. The number of carbonyl (C=O) groups excluding carboxylic acids is 2. The van der Waals surface area contributed by atoms with Crippen molar-refractivity contribution in [1.82, 2.24) is 10.2 Å². The molecular weight excluding hydrogens is 360 g/mol. The third kappa shape index (κ3) is 3.89. The molecule has 5 nitrogen and oxygen atoms in total. The lowest BCUT2D eigenvalue weighted by Gasteiger charge is -2.14. The van der Waals surface area contributed by atoms with Gasteiger partial charge >= 0.3 is 6.03 Å². The highest BCUT2D eigenvalue weighted by Gasteiger charge is 2.36. The molecule has 1 unspecified atom stereocenters. The molecule has 21 heavy (non-hydrogen) atoms. The molecule has 1 aliphatic heterocycles. The SMILES string of the molecule is CCCC1NC(=O)N(CCOc2ccc(Cl)cc2Br)C1=O. The zero-order chi connectivity index (χ0) is 15.4. The van der Waals surface area contributed by atoms with Crippen LogP contribution in [-0.4, -0.2) is 36.0 Å². The zero-order valence-corrected chi connectivity index (χ0v) is 13.9. The molecule has 0 radical (unpaired) electrons. The Kier molecular flexibility index (Phi) is 5.47. The van der Waals surface area contributed by atoms with Crippen LogP contribution in [0.1, 0.15) is 19.8 Å². The van der Waals surface area contributed by atoms with Crippen molar-refractivity contribution in [3.63, 3.8) is 0 Å². The lowest BCUT2D eigenvalue weighted by atomic mass is 10.2. The van der Waals surface area contributed by atoms with Crippen molar-refractivity contribution in [2.45, 2.75) is 25.8 Å². The van der Waals surface area contributed by atoms with Gasteiger partial charge in [0, 0.05) is 5.02 Å². The number of carbonyl (C=O) groups is 2. The number of nitrogens with zero attached hydrogens (tertiary/aromatic N) is 1. The molecule has 1 aromatic rings. The topological polar surface area (TPSA) is 58.6 Å². The van der Waals surface area contributed by atoms with Gasteiger partial charge in [-0.25, -0.2) is 4.79 Å². The van der Waals surface area contributed by atoms with Gasteiger partial charge in [0.1, 0.15) is 18.4 Å². The lowest BCUT2D eigenvalue weighted by Crippen LogP contribution is -2.35. The summed E-state index contributed by atoms with van der Waals surface area (Å²) in [7, 11) is 0. The van der Waals surface area contributed by atoms with Crippen molar-refractivity contribution in [2.75, 3.05) is 13.2 Å². The third-order valence-corrected chi connectivity index (χ3v) is 4.01. The van der Waals surface area contributed by atoms with Gasteiger partial charge in [0.05, 0.1) is 11.0 Å². The molecule has 0 bridgehead atoms. The Morgan fingerprint density at radius 1 is 1.43 bits per heavy atom. The molecular formula is C14H16BrClN2O3. The minimum absolute atomic E-state index is 0.180. The van der Waals surface area contributed by atoms with Gasteiger partial charge in [-0.15, -0.1) is 0 Å². The maximum atomic E-state index is 12.0. The van der Waals surface area contributed by atoms with Crippen LogP contribution in [0.4, 0.5) is 4.79 Å². The highest BCUT2D eigenvalue weighted by atomic mass is 79.9. The van der Waals surface area contributed by atoms with Crippen LogP contribution in [0.3, 0.4) is 0 Å². The van der Waals surface area contributed by atoms with Crippen LogP contribution in [-0.2, 0) is 4.79 Å². The minimum Gasteiger partial charge on any atom is -0.491 e. The predicted molar refractivity (Wildman–Crippen MR) is 83.6 cm³/mol. The number of halogens is 2. The van der Waals surface area contributed by atoms with Gasteiger partial charge in [-0.2, -0.15) is 0 Å². The Morgan fingerprint density at radius 3 is 2.86 bits per heavy atom. The van der Waals surface area contributed by atoms with E-state index >= 15 is 0 Å². The predicted octanol–water partition coefficient (Wildman–Crippen LogP) is 3.20. The Morgan fingerprint density at radius 2 is 2.19 bits per heavy atom.